The first kappa shape index (κ1) is 27.0. The van der Waals surface area contributed by atoms with Crippen LogP contribution >= 0.6 is 0 Å². The van der Waals surface area contributed by atoms with E-state index in [2.05, 4.69) is 0 Å². The molecule has 0 aromatic carbocycles. The van der Waals surface area contributed by atoms with Gasteiger partial charge in [-0.25, -0.2) is 13.1 Å². The van der Waals surface area contributed by atoms with Crippen LogP contribution in [-0.4, -0.2) is 61.8 Å². The van der Waals surface area contributed by atoms with E-state index in [9.17, 15) is 65.5 Å². The molecule has 0 saturated carbocycles. The zero-order valence-electron chi connectivity index (χ0n) is 12.9. The Hall–Kier alpha value is -1.04. The van der Waals surface area contributed by atoms with Gasteiger partial charge in [0, 0.05) is 13.2 Å². The Morgan fingerprint density at radius 2 is 1.04 bits per heavy atom. The van der Waals surface area contributed by atoms with Gasteiger partial charge in [-0.2, -0.15) is 57.1 Å². The van der Waals surface area contributed by atoms with Crippen LogP contribution in [0.4, 0.5) is 57.1 Å². The largest absolute Gasteiger partial charge is 0.460 e. The Kier molecular flexibility index (Phi) is 7.37. The lowest BCUT2D eigenvalue weighted by Gasteiger charge is -2.39. The fourth-order valence-electron chi connectivity index (χ4n) is 1.46. The van der Waals surface area contributed by atoms with E-state index in [0.29, 0.717) is 4.72 Å². The quantitative estimate of drug-likeness (QED) is 0.380. The van der Waals surface area contributed by atoms with E-state index in [0.717, 1.165) is 0 Å². The second-order valence-corrected chi connectivity index (χ2v) is 6.95. The van der Waals surface area contributed by atoms with Crippen molar-refractivity contribution in [3.63, 3.8) is 0 Å². The summed E-state index contributed by atoms with van der Waals surface area (Å²) in [7, 11) is -6.98. The lowest BCUT2D eigenvalue weighted by molar-refractivity contribution is -0.433. The summed E-state index contributed by atoms with van der Waals surface area (Å²) >= 11 is 0. The van der Waals surface area contributed by atoms with E-state index >= 15 is 0 Å². The first-order valence-electron chi connectivity index (χ1n) is 6.62. The number of halogens is 13. The lowest BCUT2D eigenvalue weighted by Crippen LogP contribution is -2.71. The summed E-state index contributed by atoms with van der Waals surface area (Å²) in [6, 6.07) is 0. The monoisotopic (exact) mass is 471 g/mol. The number of aliphatic hydroxyl groups excluding tert-OH is 1. The van der Waals surface area contributed by atoms with Crippen LogP contribution in [-0.2, 0) is 10.0 Å². The highest BCUT2D eigenvalue weighted by atomic mass is 32.2. The van der Waals surface area contributed by atoms with E-state index in [1.54, 1.807) is 0 Å². The van der Waals surface area contributed by atoms with Crippen molar-refractivity contribution in [3.8, 4) is 0 Å². The Balaban J connectivity index is 6.18. The maximum absolute atomic E-state index is 13.4. The standard InChI is InChI=1S/C10H10F13NO3S/c11-5(12,7(15,16)9(19,20)21)6(13,14)8(17,18)10(22,23)28(26,27)24-3-1-2-4-25/h24-25H,1-4H2. The highest BCUT2D eigenvalue weighted by Crippen LogP contribution is 2.60. The van der Waals surface area contributed by atoms with Gasteiger partial charge in [0.25, 0.3) is 10.0 Å². The summed E-state index contributed by atoms with van der Waals surface area (Å²) in [5.74, 6) is -32.2. The van der Waals surface area contributed by atoms with E-state index in [4.69, 9.17) is 5.11 Å². The van der Waals surface area contributed by atoms with E-state index in [1.807, 2.05) is 0 Å². The van der Waals surface area contributed by atoms with Crippen LogP contribution in [0, 0.1) is 0 Å². The number of alkyl halides is 13. The predicted octanol–water partition coefficient (Wildman–Crippen LogP) is 3.37. The molecule has 0 radical (unpaired) electrons. The zero-order chi connectivity index (χ0) is 23.0. The van der Waals surface area contributed by atoms with E-state index in [-0.39, 0.29) is 6.42 Å². The number of unbranched alkanes of at least 4 members (excludes halogenated alkanes) is 1. The molecule has 2 N–H and O–H groups in total. The van der Waals surface area contributed by atoms with Gasteiger partial charge >= 0.3 is 35.1 Å². The minimum absolute atomic E-state index is 0.323. The number of hydrogen-bond acceptors (Lipinski definition) is 3. The van der Waals surface area contributed by atoms with Crippen LogP contribution in [0.15, 0.2) is 0 Å². The summed E-state index contributed by atoms with van der Waals surface area (Å²) in [5.41, 5.74) is 0. The SMILES string of the molecule is O=S(=O)(NCCCCO)C(F)(F)C(F)(F)C(F)(F)C(F)(F)C(F)(F)C(F)(F)F. The van der Waals surface area contributed by atoms with Gasteiger partial charge in [-0.3, -0.25) is 0 Å². The summed E-state index contributed by atoms with van der Waals surface area (Å²) in [4.78, 5) is 0. The molecule has 0 amide bonds. The third kappa shape index (κ3) is 3.99. The first-order chi connectivity index (χ1) is 12.1. The third-order valence-corrected chi connectivity index (χ3v) is 4.63. The maximum Gasteiger partial charge on any atom is 0.460 e. The van der Waals surface area contributed by atoms with Gasteiger partial charge in [0.2, 0.25) is 0 Å². The minimum Gasteiger partial charge on any atom is -0.396 e. The predicted molar refractivity (Wildman–Crippen MR) is 64.0 cm³/mol. The van der Waals surface area contributed by atoms with Crippen LogP contribution in [0.25, 0.3) is 0 Å². The van der Waals surface area contributed by atoms with E-state index < -0.39 is 64.7 Å². The van der Waals surface area contributed by atoms with Crippen molar-refractivity contribution in [1.82, 2.24) is 4.72 Å². The molecule has 0 unspecified atom stereocenters. The molecule has 28 heavy (non-hydrogen) atoms. The Morgan fingerprint density at radius 3 is 1.39 bits per heavy atom. The summed E-state index contributed by atoms with van der Waals surface area (Å²) in [5, 5.41) is 1.09. The number of hydrogen-bond donors (Lipinski definition) is 2. The highest BCUT2D eigenvalue weighted by molar-refractivity contribution is 7.90. The molecule has 0 aliphatic heterocycles. The van der Waals surface area contributed by atoms with Gasteiger partial charge in [-0.1, -0.05) is 0 Å². The second-order valence-electron chi connectivity index (χ2n) is 5.14. The van der Waals surface area contributed by atoms with Crippen molar-refractivity contribution in [1.29, 1.82) is 0 Å². The number of rotatable bonds is 10. The van der Waals surface area contributed by atoms with Crippen molar-refractivity contribution in [2.24, 2.45) is 0 Å². The fourth-order valence-corrected chi connectivity index (χ4v) is 2.52. The Morgan fingerprint density at radius 1 is 0.643 bits per heavy atom. The van der Waals surface area contributed by atoms with Crippen molar-refractivity contribution in [3.05, 3.63) is 0 Å². The van der Waals surface area contributed by atoms with Crippen molar-refractivity contribution in [2.75, 3.05) is 13.2 Å². The number of sulfonamides is 1. The number of nitrogens with one attached hydrogen (secondary N) is 1. The molecule has 0 spiro atoms. The molecule has 0 heterocycles. The van der Waals surface area contributed by atoms with Crippen LogP contribution in [0.5, 0.6) is 0 Å². The van der Waals surface area contributed by atoms with E-state index in [1.165, 1.54) is 0 Å². The van der Waals surface area contributed by atoms with Crippen LogP contribution < -0.4 is 4.72 Å². The molecule has 0 saturated heterocycles. The second kappa shape index (κ2) is 7.66. The molecule has 0 rings (SSSR count). The molecule has 4 nitrogen and oxygen atoms in total. The van der Waals surface area contributed by atoms with Gasteiger partial charge in [0.1, 0.15) is 0 Å². The molecule has 0 aliphatic rings. The van der Waals surface area contributed by atoms with Crippen molar-refractivity contribution in [2.45, 2.75) is 48.0 Å². The minimum atomic E-state index is -8.18. The molecule has 0 fully saturated rings. The summed E-state index contributed by atoms with van der Waals surface area (Å²) in [6.45, 7) is -1.87. The molecular formula is C10H10F13NO3S. The smallest absolute Gasteiger partial charge is 0.396 e. The topological polar surface area (TPSA) is 66.4 Å². The normalized spacial score (nSPS) is 15.8. The molecule has 0 aromatic heterocycles. The van der Waals surface area contributed by atoms with Crippen LogP contribution in [0.2, 0.25) is 0 Å². The van der Waals surface area contributed by atoms with Crippen LogP contribution in [0.3, 0.4) is 0 Å². The molecule has 18 heteroatoms. The van der Waals surface area contributed by atoms with Gasteiger partial charge in [0.15, 0.2) is 0 Å². The Labute approximate surface area is 147 Å². The lowest BCUT2D eigenvalue weighted by atomic mass is 9.98. The molecule has 0 aliphatic carbocycles. The zero-order valence-corrected chi connectivity index (χ0v) is 13.7. The van der Waals surface area contributed by atoms with Crippen molar-refractivity contribution < 1.29 is 70.6 Å². The molecular weight excluding hydrogens is 461 g/mol. The average Bonchev–Trinajstić information content (AvgIpc) is 2.49. The summed E-state index contributed by atoms with van der Waals surface area (Å²) in [6.07, 6.45) is -8.45. The molecule has 170 valence electrons. The van der Waals surface area contributed by atoms with Gasteiger partial charge in [-0.05, 0) is 12.8 Å². The third-order valence-electron chi connectivity index (χ3n) is 3.12. The van der Waals surface area contributed by atoms with Crippen LogP contribution in [0.1, 0.15) is 12.8 Å². The Bertz CT molecular complexity index is 643. The fraction of sp³-hybridized carbons (Fsp3) is 1.00. The highest BCUT2D eigenvalue weighted by Gasteiger charge is 2.92. The van der Waals surface area contributed by atoms with Gasteiger partial charge < -0.3 is 5.11 Å². The number of aliphatic hydroxyl groups is 1. The maximum atomic E-state index is 13.4. The summed E-state index contributed by atoms with van der Waals surface area (Å²) < 4.78 is 189. The van der Waals surface area contributed by atoms with Crippen molar-refractivity contribution >= 4 is 10.0 Å². The molecule has 0 atom stereocenters. The average molecular weight is 471 g/mol. The van der Waals surface area contributed by atoms with Gasteiger partial charge in [-0.15, -0.1) is 0 Å². The van der Waals surface area contributed by atoms with Gasteiger partial charge in [0.05, 0.1) is 0 Å². The molecule has 0 bridgehead atoms. The first-order valence-corrected chi connectivity index (χ1v) is 8.10. The molecule has 0 aromatic rings.